The van der Waals surface area contributed by atoms with Gasteiger partial charge < -0.3 is 9.88 Å². The summed E-state index contributed by atoms with van der Waals surface area (Å²) in [6.07, 6.45) is 7.04. The molecular weight excluding hydrogens is 408 g/mol. The second-order valence-electron chi connectivity index (χ2n) is 7.50. The molecule has 1 aliphatic rings. The fraction of sp³-hybridized carbons (Fsp3) is 0.217. The third-order valence-electron chi connectivity index (χ3n) is 5.31. The summed E-state index contributed by atoms with van der Waals surface area (Å²) < 4.78 is 2.24. The van der Waals surface area contributed by atoms with Crippen molar-refractivity contribution in [2.24, 2.45) is 0 Å². The van der Waals surface area contributed by atoms with Gasteiger partial charge in [0, 0.05) is 41.7 Å². The number of aryl methyl sites for hydroxylation is 2. The number of imidazole rings is 1. The van der Waals surface area contributed by atoms with Crippen molar-refractivity contribution in [3.05, 3.63) is 78.0 Å². The number of carbonyl (C=O) groups excluding carboxylic acids is 1. The van der Waals surface area contributed by atoms with Gasteiger partial charge in [-0.05, 0) is 42.7 Å². The van der Waals surface area contributed by atoms with Gasteiger partial charge in [0.2, 0.25) is 0 Å². The first-order valence-electron chi connectivity index (χ1n) is 10.3. The van der Waals surface area contributed by atoms with Gasteiger partial charge >= 0.3 is 0 Å². The molecule has 31 heavy (non-hydrogen) atoms. The van der Waals surface area contributed by atoms with Crippen molar-refractivity contribution in [3.63, 3.8) is 0 Å². The lowest BCUT2D eigenvalue weighted by Crippen LogP contribution is -2.11. The number of fused-ring (bicyclic) bond motifs is 1. The quantitative estimate of drug-likeness (QED) is 0.438. The zero-order valence-corrected chi connectivity index (χ0v) is 17.7. The molecule has 3 heterocycles. The summed E-state index contributed by atoms with van der Waals surface area (Å²) in [5, 5.41) is 10.4. The average molecular weight is 431 g/mol. The number of hydrogen-bond acceptors (Lipinski definition) is 5. The van der Waals surface area contributed by atoms with E-state index in [0.29, 0.717) is 5.56 Å². The average Bonchev–Trinajstić information content (AvgIpc) is 3.48. The maximum absolute atomic E-state index is 12.7. The third-order valence-corrected chi connectivity index (χ3v) is 6.26. The highest BCUT2D eigenvalue weighted by Gasteiger charge is 2.14. The summed E-state index contributed by atoms with van der Waals surface area (Å²) in [7, 11) is 0. The Balaban J connectivity index is 1.25. The van der Waals surface area contributed by atoms with Gasteiger partial charge in [-0.3, -0.25) is 9.89 Å². The zero-order chi connectivity index (χ0) is 21.0. The van der Waals surface area contributed by atoms with Crippen molar-refractivity contribution in [3.8, 4) is 11.3 Å². The van der Waals surface area contributed by atoms with E-state index in [2.05, 4.69) is 31.3 Å². The highest BCUT2D eigenvalue weighted by Crippen LogP contribution is 2.25. The second-order valence-corrected chi connectivity index (χ2v) is 8.47. The maximum Gasteiger partial charge on any atom is 0.255 e. The standard InChI is InChI=1S/C23H22N6OS/c30-22(17-9-7-16(8-10-17)14-31-23-24-15-25-28-23)26-19-5-3-4-18(12-19)20-13-29-11-2-1-6-21(29)27-20/h3-5,7-10,12-13,15H,1-2,6,11,14H2,(H,26,30)(H,24,25,28). The number of anilines is 1. The second kappa shape index (κ2) is 8.77. The van der Waals surface area contributed by atoms with E-state index in [0.717, 1.165) is 52.2 Å². The minimum Gasteiger partial charge on any atom is -0.334 e. The summed E-state index contributed by atoms with van der Waals surface area (Å²) in [6, 6.07) is 15.5. The van der Waals surface area contributed by atoms with Crippen LogP contribution in [0.25, 0.3) is 11.3 Å². The molecule has 2 aromatic carbocycles. The molecule has 2 N–H and O–H groups in total. The first-order valence-corrected chi connectivity index (χ1v) is 11.3. The lowest BCUT2D eigenvalue weighted by molar-refractivity contribution is 0.102. The summed E-state index contributed by atoms with van der Waals surface area (Å²) in [4.78, 5) is 21.6. The van der Waals surface area contributed by atoms with Crippen LogP contribution >= 0.6 is 11.8 Å². The lowest BCUT2D eigenvalue weighted by Gasteiger charge is -2.11. The zero-order valence-electron chi connectivity index (χ0n) is 16.9. The first-order chi connectivity index (χ1) is 15.2. The Morgan fingerprint density at radius 1 is 1.16 bits per heavy atom. The summed E-state index contributed by atoms with van der Waals surface area (Å²) in [5.74, 6) is 1.78. The molecule has 0 unspecified atom stereocenters. The third kappa shape index (κ3) is 4.54. The Bertz CT molecular complexity index is 1160. The molecule has 2 aromatic heterocycles. The van der Waals surface area contributed by atoms with Crippen LogP contribution in [0.15, 0.2) is 66.2 Å². The molecular formula is C23H22N6OS. The molecule has 0 spiro atoms. The van der Waals surface area contributed by atoms with E-state index in [1.807, 2.05) is 48.5 Å². The molecule has 0 aliphatic carbocycles. The number of rotatable bonds is 6. The number of thioether (sulfide) groups is 1. The van der Waals surface area contributed by atoms with Crippen LogP contribution in [0.5, 0.6) is 0 Å². The molecule has 0 bridgehead atoms. The van der Waals surface area contributed by atoms with Crippen molar-refractivity contribution >= 4 is 23.4 Å². The Hall–Kier alpha value is -3.39. The smallest absolute Gasteiger partial charge is 0.255 e. The van der Waals surface area contributed by atoms with E-state index in [9.17, 15) is 4.79 Å². The van der Waals surface area contributed by atoms with Crippen molar-refractivity contribution in [2.75, 3.05) is 5.32 Å². The SMILES string of the molecule is O=C(Nc1cccc(-c2cn3c(n2)CCCC3)c1)c1ccc(CSc2ncn[nH]2)cc1. The maximum atomic E-state index is 12.7. The first kappa shape index (κ1) is 19.6. The molecule has 4 aromatic rings. The van der Waals surface area contributed by atoms with Crippen molar-refractivity contribution in [1.29, 1.82) is 0 Å². The van der Waals surface area contributed by atoms with E-state index in [-0.39, 0.29) is 5.91 Å². The number of nitrogens with zero attached hydrogens (tertiary/aromatic N) is 4. The Morgan fingerprint density at radius 2 is 2.06 bits per heavy atom. The van der Waals surface area contributed by atoms with Gasteiger partial charge in [0.15, 0.2) is 5.16 Å². The molecule has 7 nitrogen and oxygen atoms in total. The number of carbonyl (C=O) groups is 1. The van der Waals surface area contributed by atoms with E-state index in [4.69, 9.17) is 4.98 Å². The molecule has 156 valence electrons. The molecule has 0 saturated carbocycles. The number of benzene rings is 2. The Kier molecular flexibility index (Phi) is 5.54. The van der Waals surface area contributed by atoms with Gasteiger partial charge in [0.25, 0.3) is 5.91 Å². The molecule has 0 saturated heterocycles. The van der Waals surface area contributed by atoms with Gasteiger partial charge in [-0.2, -0.15) is 5.10 Å². The fourth-order valence-corrected chi connectivity index (χ4v) is 4.41. The van der Waals surface area contributed by atoms with Gasteiger partial charge in [0.05, 0.1) is 5.69 Å². The van der Waals surface area contributed by atoms with Gasteiger partial charge in [-0.25, -0.2) is 9.97 Å². The number of aromatic amines is 1. The van der Waals surface area contributed by atoms with Crippen molar-refractivity contribution < 1.29 is 4.79 Å². The number of nitrogens with one attached hydrogen (secondary N) is 2. The molecule has 1 aliphatic heterocycles. The van der Waals surface area contributed by atoms with Gasteiger partial charge in [-0.1, -0.05) is 36.0 Å². The minimum absolute atomic E-state index is 0.129. The molecule has 0 radical (unpaired) electrons. The topological polar surface area (TPSA) is 88.5 Å². The Labute approximate surface area is 184 Å². The van der Waals surface area contributed by atoms with Crippen LogP contribution in [-0.2, 0) is 18.7 Å². The van der Waals surface area contributed by atoms with Crippen LogP contribution in [-0.4, -0.2) is 30.6 Å². The van der Waals surface area contributed by atoms with Crippen LogP contribution in [0.4, 0.5) is 5.69 Å². The number of H-pyrrole nitrogens is 1. The van der Waals surface area contributed by atoms with Gasteiger partial charge in [0.1, 0.15) is 12.2 Å². The van der Waals surface area contributed by atoms with Crippen LogP contribution in [0.3, 0.4) is 0 Å². The highest BCUT2D eigenvalue weighted by atomic mass is 32.2. The van der Waals surface area contributed by atoms with Crippen molar-refractivity contribution in [2.45, 2.75) is 36.7 Å². The van der Waals surface area contributed by atoms with E-state index in [1.165, 1.54) is 19.2 Å². The highest BCUT2D eigenvalue weighted by molar-refractivity contribution is 7.98. The minimum atomic E-state index is -0.129. The Morgan fingerprint density at radius 3 is 2.87 bits per heavy atom. The van der Waals surface area contributed by atoms with E-state index >= 15 is 0 Å². The van der Waals surface area contributed by atoms with Crippen LogP contribution < -0.4 is 5.32 Å². The van der Waals surface area contributed by atoms with Crippen molar-refractivity contribution in [1.82, 2.24) is 24.7 Å². The summed E-state index contributed by atoms with van der Waals surface area (Å²) in [6.45, 7) is 1.03. The largest absolute Gasteiger partial charge is 0.334 e. The molecule has 8 heteroatoms. The van der Waals surface area contributed by atoms with E-state index < -0.39 is 0 Å². The van der Waals surface area contributed by atoms with Gasteiger partial charge in [-0.15, -0.1) is 0 Å². The van der Waals surface area contributed by atoms with Crippen LogP contribution in [0.2, 0.25) is 0 Å². The predicted octanol–water partition coefficient (Wildman–Crippen LogP) is 4.55. The molecule has 0 atom stereocenters. The fourth-order valence-electron chi connectivity index (χ4n) is 3.68. The molecule has 0 fully saturated rings. The monoisotopic (exact) mass is 430 g/mol. The normalized spacial score (nSPS) is 13.0. The van der Waals surface area contributed by atoms with E-state index in [1.54, 1.807) is 11.8 Å². The molecule has 5 rings (SSSR count). The molecule has 1 amide bonds. The summed E-state index contributed by atoms with van der Waals surface area (Å²) in [5.41, 5.74) is 4.47. The number of hydrogen-bond donors (Lipinski definition) is 2. The predicted molar refractivity (Wildman–Crippen MR) is 121 cm³/mol. The number of aromatic nitrogens is 5. The van der Waals surface area contributed by atoms with Crippen LogP contribution in [0, 0.1) is 0 Å². The lowest BCUT2D eigenvalue weighted by atomic mass is 10.1. The summed E-state index contributed by atoms with van der Waals surface area (Å²) >= 11 is 1.57. The van der Waals surface area contributed by atoms with Crippen LogP contribution in [0.1, 0.15) is 34.6 Å². The number of amides is 1.